The van der Waals surface area contributed by atoms with Gasteiger partial charge in [0.05, 0.1) is 32.1 Å². The average molecular weight is 344 g/mol. The minimum Gasteiger partial charge on any atom is -0.493 e. The number of halogens is 1. The van der Waals surface area contributed by atoms with Gasteiger partial charge >= 0.3 is 0 Å². The third kappa shape index (κ3) is 2.83. The standard InChI is InChI=1S/C14H18BrNO4/c1-17-14(2-3-18-9-14)12-4-11(5-13(15)16-12)20-8-10-6-19-7-10/h4-5,10H,2-3,6-9H2,1H3/t14-/m0/s1. The van der Waals surface area contributed by atoms with Crippen LogP contribution in [0, 0.1) is 5.92 Å². The molecule has 6 heteroatoms. The van der Waals surface area contributed by atoms with Gasteiger partial charge in [-0.15, -0.1) is 0 Å². The van der Waals surface area contributed by atoms with E-state index < -0.39 is 5.60 Å². The highest BCUT2D eigenvalue weighted by molar-refractivity contribution is 9.10. The zero-order chi connectivity index (χ0) is 14.0. The topological polar surface area (TPSA) is 49.8 Å². The van der Waals surface area contributed by atoms with Crippen LogP contribution >= 0.6 is 15.9 Å². The van der Waals surface area contributed by atoms with Gasteiger partial charge in [-0.1, -0.05) is 0 Å². The lowest BCUT2D eigenvalue weighted by Gasteiger charge is -2.27. The number of rotatable bonds is 5. The van der Waals surface area contributed by atoms with Crippen LogP contribution < -0.4 is 4.74 Å². The maximum atomic E-state index is 5.83. The first kappa shape index (κ1) is 14.3. The third-order valence-electron chi connectivity index (χ3n) is 3.80. The van der Waals surface area contributed by atoms with Crippen LogP contribution in [0.5, 0.6) is 5.75 Å². The van der Waals surface area contributed by atoms with Crippen LogP contribution in [0.1, 0.15) is 12.1 Å². The largest absolute Gasteiger partial charge is 0.493 e. The molecule has 20 heavy (non-hydrogen) atoms. The van der Waals surface area contributed by atoms with E-state index in [0.717, 1.165) is 35.7 Å². The molecular formula is C14H18BrNO4. The lowest BCUT2D eigenvalue weighted by atomic mass is 9.98. The van der Waals surface area contributed by atoms with Crippen molar-refractivity contribution in [2.24, 2.45) is 5.92 Å². The molecule has 0 spiro atoms. The number of pyridine rings is 1. The van der Waals surface area contributed by atoms with Crippen molar-refractivity contribution >= 4 is 15.9 Å². The van der Waals surface area contributed by atoms with Crippen molar-refractivity contribution in [2.75, 3.05) is 40.1 Å². The molecule has 0 N–H and O–H groups in total. The zero-order valence-corrected chi connectivity index (χ0v) is 13.0. The normalized spacial score (nSPS) is 26.5. The van der Waals surface area contributed by atoms with Gasteiger partial charge in [0.1, 0.15) is 16.0 Å². The Kier molecular flexibility index (Phi) is 4.26. The molecule has 1 atom stereocenters. The van der Waals surface area contributed by atoms with Crippen LogP contribution in [-0.4, -0.2) is 45.1 Å². The summed E-state index contributed by atoms with van der Waals surface area (Å²) in [7, 11) is 1.70. The highest BCUT2D eigenvalue weighted by Crippen LogP contribution is 2.35. The summed E-state index contributed by atoms with van der Waals surface area (Å²) in [6, 6.07) is 3.82. The second-order valence-electron chi connectivity index (χ2n) is 5.23. The molecule has 0 saturated carbocycles. The molecule has 2 aliphatic rings. The minimum absolute atomic E-state index is 0.457. The number of ether oxygens (including phenoxy) is 4. The van der Waals surface area contributed by atoms with E-state index >= 15 is 0 Å². The van der Waals surface area contributed by atoms with E-state index in [1.807, 2.05) is 12.1 Å². The van der Waals surface area contributed by atoms with Gasteiger partial charge in [-0.25, -0.2) is 4.98 Å². The van der Waals surface area contributed by atoms with Crippen LogP contribution in [0.25, 0.3) is 0 Å². The SMILES string of the molecule is CO[C@@]1(c2cc(OCC3COC3)cc(Br)n2)CCOC1. The van der Waals surface area contributed by atoms with E-state index in [1.54, 1.807) is 7.11 Å². The minimum atomic E-state index is -0.457. The summed E-state index contributed by atoms with van der Waals surface area (Å²) in [6.45, 7) is 3.47. The molecule has 1 aromatic heterocycles. The molecule has 3 heterocycles. The van der Waals surface area contributed by atoms with Crippen molar-refractivity contribution in [3.63, 3.8) is 0 Å². The number of nitrogens with zero attached hydrogens (tertiary/aromatic N) is 1. The highest BCUT2D eigenvalue weighted by atomic mass is 79.9. The molecule has 5 nitrogen and oxygen atoms in total. The smallest absolute Gasteiger partial charge is 0.135 e. The van der Waals surface area contributed by atoms with Gasteiger partial charge in [-0.2, -0.15) is 0 Å². The summed E-state index contributed by atoms with van der Waals surface area (Å²) in [5.41, 5.74) is 0.397. The van der Waals surface area contributed by atoms with E-state index in [-0.39, 0.29) is 0 Å². The van der Waals surface area contributed by atoms with Crippen molar-refractivity contribution in [1.29, 1.82) is 0 Å². The maximum absolute atomic E-state index is 5.83. The van der Waals surface area contributed by atoms with E-state index in [9.17, 15) is 0 Å². The zero-order valence-electron chi connectivity index (χ0n) is 11.4. The first-order valence-electron chi connectivity index (χ1n) is 6.73. The summed E-state index contributed by atoms with van der Waals surface area (Å²) in [5.74, 6) is 1.30. The van der Waals surface area contributed by atoms with Gasteiger partial charge in [0.15, 0.2) is 0 Å². The Morgan fingerprint density at radius 1 is 1.40 bits per heavy atom. The molecule has 1 aromatic rings. The van der Waals surface area contributed by atoms with Crippen molar-refractivity contribution in [1.82, 2.24) is 4.98 Å². The monoisotopic (exact) mass is 343 g/mol. The number of hydrogen-bond donors (Lipinski definition) is 0. The van der Waals surface area contributed by atoms with Crippen molar-refractivity contribution in [3.8, 4) is 5.75 Å². The highest BCUT2D eigenvalue weighted by Gasteiger charge is 2.38. The number of methoxy groups -OCH3 is 1. The molecule has 0 radical (unpaired) electrons. The van der Waals surface area contributed by atoms with Crippen LogP contribution in [0.15, 0.2) is 16.7 Å². The molecule has 110 valence electrons. The lowest BCUT2D eigenvalue weighted by molar-refractivity contribution is -0.0511. The number of aromatic nitrogens is 1. The van der Waals surface area contributed by atoms with Gasteiger partial charge in [0, 0.05) is 38.2 Å². The number of hydrogen-bond acceptors (Lipinski definition) is 5. The Morgan fingerprint density at radius 2 is 2.25 bits per heavy atom. The Balaban J connectivity index is 1.78. The Morgan fingerprint density at radius 3 is 2.85 bits per heavy atom. The maximum Gasteiger partial charge on any atom is 0.135 e. The van der Waals surface area contributed by atoms with Crippen molar-refractivity contribution in [2.45, 2.75) is 12.0 Å². The molecule has 0 bridgehead atoms. The fourth-order valence-electron chi connectivity index (χ4n) is 2.40. The second-order valence-corrected chi connectivity index (χ2v) is 6.04. The van der Waals surface area contributed by atoms with Crippen LogP contribution in [0.2, 0.25) is 0 Å². The van der Waals surface area contributed by atoms with Gasteiger partial charge in [0.2, 0.25) is 0 Å². The van der Waals surface area contributed by atoms with Crippen LogP contribution in [0.4, 0.5) is 0 Å². The molecular weight excluding hydrogens is 326 g/mol. The van der Waals surface area contributed by atoms with Crippen molar-refractivity contribution in [3.05, 3.63) is 22.4 Å². The fraction of sp³-hybridized carbons (Fsp3) is 0.643. The van der Waals surface area contributed by atoms with E-state index in [1.165, 1.54) is 0 Å². The Hall–Kier alpha value is -0.690. The van der Waals surface area contributed by atoms with E-state index in [4.69, 9.17) is 18.9 Å². The first-order chi connectivity index (χ1) is 9.72. The lowest BCUT2D eigenvalue weighted by Crippen LogP contribution is -2.33. The van der Waals surface area contributed by atoms with Crippen molar-refractivity contribution < 1.29 is 18.9 Å². The molecule has 2 aliphatic heterocycles. The molecule has 0 aliphatic carbocycles. The summed E-state index contributed by atoms with van der Waals surface area (Å²) >= 11 is 3.44. The summed E-state index contributed by atoms with van der Waals surface area (Å²) < 4.78 is 22.9. The van der Waals surface area contributed by atoms with E-state index in [2.05, 4.69) is 20.9 Å². The van der Waals surface area contributed by atoms with Gasteiger partial charge < -0.3 is 18.9 Å². The first-order valence-corrected chi connectivity index (χ1v) is 7.53. The predicted molar refractivity (Wildman–Crippen MR) is 75.9 cm³/mol. The van der Waals surface area contributed by atoms with E-state index in [0.29, 0.717) is 25.7 Å². The fourth-order valence-corrected chi connectivity index (χ4v) is 2.82. The van der Waals surface area contributed by atoms with Gasteiger partial charge in [-0.05, 0) is 15.9 Å². The Bertz CT molecular complexity index is 472. The average Bonchev–Trinajstić information content (AvgIpc) is 2.86. The molecule has 0 unspecified atom stereocenters. The predicted octanol–water partition coefficient (Wildman–Crippen LogP) is 2.13. The second kappa shape index (κ2) is 5.97. The Labute approximate surface area is 126 Å². The summed E-state index contributed by atoms with van der Waals surface area (Å²) in [5, 5.41) is 0. The molecule has 0 aromatic carbocycles. The van der Waals surface area contributed by atoms with Crippen LogP contribution in [0.3, 0.4) is 0 Å². The summed E-state index contributed by atoms with van der Waals surface area (Å²) in [6.07, 6.45) is 0.808. The third-order valence-corrected chi connectivity index (χ3v) is 4.21. The summed E-state index contributed by atoms with van der Waals surface area (Å²) in [4.78, 5) is 4.53. The van der Waals surface area contributed by atoms with Crippen LogP contribution in [-0.2, 0) is 19.8 Å². The van der Waals surface area contributed by atoms with Gasteiger partial charge in [-0.3, -0.25) is 0 Å². The molecule has 2 fully saturated rings. The molecule has 2 saturated heterocycles. The quantitative estimate of drug-likeness (QED) is 0.766. The van der Waals surface area contributed by atoms with Gasteiger partial charge in [0.25, 0.3) is 0 Å². The molecule has 3 rings (SSSR count). The molecule has 0 amide bonds.